The van der Waals surface area contributed by atoms with Gasteiger partial charge in [-0.05, 0) is 53.6 Å². The molecule has 0 atom stereocenters. The van der Waals surface area contributed by atoms with Crippen molar-refractivity contribution in [1.29, 1.82) is 0 Å². The van der Waals surface area contributed by atoms with Crippen molar-refractivity contribution < 1.29 is 0 Å². The molecule has 154 valence electrons. The van der Waals surface area contributed by atoms with Crippen LogP contribution in [0.4, 0.5) is 17.1 Å². The number of aromatic nitrogens is 2. The number of fused-ring (bicyclic) bond motifs is 3. The van der Waals surface area contributed by atoms with Gasteiger partial charge in [0, 0.05) is 28.2 Å². The van der Waals surface area contributed by atoms with E-state index in [1.165, 1.54) is 22.5 Å². The summed E-state index contributed by atoms with van der Waals surface area (Å²) in [7, 11) is 0. The van der Waals surface area contributed by atoms with Crippen molar-refractivity contribution in [2.45, 2.75) is 19.3 Å². The van der Waals surface area contributed by atoms with Crippen molar-refractivity contribution >= 4 is 28.0 Å². The van der Waals surface area contributed by atoms with Crippen LogP contribution in [0.2, 0.25) is 0 Å². The number of para-hydroxylation sites is 3. The highest BCUT2D eigenvalue weighted by atomic mass is 15.2. The molecule has 1 aromatic heterocycles. The van der Waals surface area contributed by atoms with E-state index in [9.17, 15) is 0 Å². The van der Waals surface area contributed by atoms with Crippen LogP contribution in [0.15, 0.2) is 103 Å². The van der Waals surface area contributed by atoms with Gasteiger partial charge in [-0.3, -0.25) is 0 Å². The second-order valence-electron chi connectivity index (χ2n) is 8.79. The first-order valence-electron chi connectivity index (χ1n) is 10.9. The molecular formula is C29H23N3. The van der Waals surface area contributed by atoms with Crippen LogP contribution in [-0.4, -0.2) is 9.97 Å². The van der Waals surface area contributed by atoms with Crippen LogP contribution in [-0.2, 0) is 5.41 Å². The highest BCUT2D eigenvalue weighted by molar-refractivity contribution is 5.86. The molecule has 4 aromatic carbocycles. The van der Waals surface area contributed by atoms with Crippen molar-refractivity contribution in [3.63, 3.8) is 0 Å². The molecule has 0 radical (unpaired) electrons. The van der Waals surface area contributed by atoms with E-state index in [0.29, 0.717) is 0 Å². The SMILES string of the molecule is CC1(C)c2ccccc2N(c2ccc(-c3ncc4ccccc4n3)cc2)c2ccccc21. The zero-order valence-corrected chi connectivity index (χ0v) is 18.2. The summed E-state index contributed by atoms with van der Waals surface area (Å²) in [6.45, 7) is 4.62. The summed E-state index contributed by atoms with van der Waals surface area (Å²) >= 11 is 0. The standard InChI is InChI=1S/C29H23N3/c1-29(2)23-10-4-7-13-26(23)32(27-14-8-5-11-24(27)29)22-17-15-20(16-18-22)28-30-19-21-9-3-6-12-25(21)31-28/h3-19H,1-2H3. The van der Waals surface area contributed by atoms with Gasteiger partial charge in [-0.2, -0.15) is 0 Å². The lowest BCUT2D eigenvalue weighted by atomic mass is 9.73. The monoisotopic (exact) mass is 413 g/mol. The molecule has 3 heteroatoms. The molecule has 0 bridgehead atoms. The van der Waals surface area contributed by atoms with Gasteiger partial charge in [-0.15, -0.1) is 0 Å². The fourth-order valence-corrected chi connectivity index (χ4v) is 4.82. The average molecular weight is 414 g/mol. The molecule has 0 amide bonds. The lowest BCUT2D eigenvalue weighted by molar-refractivity contribution is 0.632. The Morgan fingerprint density at radius 2 is 1.25 bits per heavy atom. The third-order valence-electron chi connectivity index (χ3n) is 6.51. The Labute approximate surface area is 188 Å². The van der Waals surface area contributed by atoms with E-state index in [2.05, 4.69) is 96.5 Å². The summed E-state index contributed by atoms with van der Waals surface area (Å²) in [5.74, 6) is 0.746. The maximum Gasteiger partial charge on any atom is 0.159 e. The summed E-state index contributed by atoms with van der Waals surface area (Å²) in [5.41, 5.74) is 8.17. The van der Waals surface area contributed by atoms with E-state index in [0.717, 1.165) is 28.0 Å². The first-order valence-corrected chi connectivity index (χ1v) is 10.9. The number of hydrogen-bond donors (Lipinski definition) is 0. The van der Waals surface area contributed by atoms with Crippen molar-refractivity contribution in [2.24, 2.45) is 0 Å². The number of benzene rings is 4. The number of anilines is 3. The van der Waals surface area contributed by atoms with E-state index in [1.54, 1.807) is 0 Å². The molecule has 5 aromatic rings. The summed E-state index contributed by atoms with van der Waals surface area (Å²) in [4.78, 5) is 11.7. The highest BCUT2D eigenvalue weighted by Crippen LogP contribution is 2.51. The molecule has 1 aliphatic rings. The fraction of sp³-hybridized carbons (Fsp3) is 0.103. The van der Waals surface area contributed by atoms with Crippen molar-refractivity contribution in [2.75, 3.05) is 4.90 Å². The Kier molecular flexibility index (Phi) is 4.12. The maximum atomic E-state index is 4.75. The number of rotatable bonds is 2. The predicted molar refractivity (Wildman–Crippen MR) is 132 cm³/mol. The second kappa shape index (κ2) is 7.03. The summed E-state index contributed by atoms with van der Waals surface area (Å²) in [6, 6.07) is 34.1. The Bertz CT molecular complexity index is 1400. The summed E-state index contributed by atoms with van der Waals surface area (Å²) in [5, 5.41) is 1.05. The van der Waals surface area contributed by atoms with Crippen LogP contribution in [0.25, 0.3) is 22.3 Å². The predicted octanol–water partition coefficient (Wildman–Crippen LogP) is 7.41. The molecule has 0 saturated carbocycles. The van der Waals surface area contributed by atoms with Gasteiger partial charge >= 0.3 is 0 Å². The Morgan fingerprint density at radius 1 is 0.656 bits per heavy atom. The lowest BCUT2D eigenvalue weighted by Crippen LogP contribution is -2.30. The molecular weight excluding hydrogens is 390 g/mol. The van der Waals surface area contributed by atoms with Gasteiger partial charge in [0.25, 0.3) is 0 Å². The smallest absolute Gasteiger partial charge is 0.159 e. The lowest BCUT2D eigenvalue weighted by Gasteiger charge is -2.42. The van der Waals surface area contributed by atoms with Crippen LogP contribution in [0.1, 0.15) is 25.0 Å². The largest absolute Gasteiger partial charge is 0.310 e. The van der Waals surface area contributed by atoms with Crippen LogP contribution >= 0.6 is 0 Å². The minimum atomic E-state index is -0.0530. The van der Waals surface area contributed by atoms with Crippen LogP contribution < -0.4 is 4.90 Å². The van der Waals surface area contributed by atoms with E-state index >= 15 is 0 Å². The molecule has 2 heterocycles. The first kappa shape index (κ1) is 18.8. The van der Waals surface area contributed by atoms with Gasteiger partial charge in [0.1, 0.15) is 0 Å². The maximum absolute atomic E-state index is 4.75. The topological polar surface area (TPSA) is 29.0 Å². The van der Waals surface area contributed by atoms with Gasteiger partial charge in [-0.1, -0.05) is 68.4 Å². The third-order valence-corrected chi connectivity index (χ3v) is 6.51. The van der Waals surface area contributed by atoms with Crippen molar-refractivity contribution in [3.05, 3.63) is 114 Å². The normalized spacial score (nSPS) is 14.1. The molecule has 32 heavy (non-hydrogen) atoms. The fourth-order valence-electron chi connectivity index (χ4n) is 4.82. The molecule has 0 N–H and O–H groups in total. The molecule has 0 unspecified atom stereocenters. The Balaban J connectivity index is 1.46. The molecule has 0 fully saturated rings. The van der Waals surface area contributed by atoms with Gasteiger partial charge in [0.2, 0.25) is 0 Å². The number of hydrogen-bond acceptors (Lipinski definition) is 3. The van der Waals surface area contributed by atoms with Crippen molar-refractivity contribution in [1.82, 2.24) is 9.97 Å². The second-order valence-corrected chi connectivity index (χ2v) is 8.79. The molecule has 0 saturated heterocycles. The van der Waals surface area contributed by atoms with E-state index in [-0.39, 0.29) is 5.41 Å². The van der Waals surface area contributed by atoms with Gasteiger partial charge in [0.15, 0.2) is 5.82 Å². The molecule has 3 nitrogen and oxygen atoms in total. The van der Waals surface area contributed by atoms with Gasteiger partial charge < -0.3 is 4.90 Å². The molecule has 1 aliphatic heterocycles. The first-order chi connectivity index (χ1) is 15.6. The molecule has 0 spiro atoms. The average Bonchev–Trinajstić information content (AvgIpc) is 2.84. The van der Waals surface area contributed by atoms with Gasteiger partial charge in [0.05, 0.1) is 16.9 Å². The van der Waals surface area contributed by atoms with E-state index < -0.39 is 0 Å². The zero-order valence-electron chi connectivity index (χ0n) is 18.2. The van der Waals surface area contributed by atoms with Gasteiger partial charge in [-0.25, -0.2) is 9.97 Å². The Hall–Kier alpha value is -3.98. The van der Waals surface area contributed by atoms with Crippen LogP contribution in [0, 0.1) is 0 Å². The minimum Gasteiger partial charge on any atom is -0.310 e. The quantitative estimate of drug-likeness (QED) is 0.302. The van der Waals surface area contributed by atoms with Crippen LogP contribution in [0.3, 0.4) is 0 Å². The third kappa shape index (κ3) is 2.82. The zero-order chi connectivity index (χ0) is 21.7. The Morgan fingerprint density at radius 3 is 1.94 bits per heavy atom. The van der Waals surface area contributed by atoms with Crippen LogP contribution in [0.5, 0.6) is 0 Å². The van der Waals surface area contributed by atoms with E-state index in [1.807, 2.05) is 30.5 Å². The van der Waals surface area contributed by atoms with Crippen molar-refractivity contribution in [3.8, 4) is 11.4 Å². The minimum absolute atomic E-state index is 0.0530. The number of nitrogens with zero attached hydrogens (tertiary/aromatic N) is 3. The van der Waals surface area contributed by atoms with E-state index in [4.69, 9.17) is 4.98 Å². The molecule has 0 aliphatic carbocycles. The molecule has 6 rings (SSSR count). The summed E-state index contributed by atoms with van der Waals surface area (Å²) < 4.78 is 0. The summed E-state index contributed by atoms with van der Waals surface area (Å²) in [6.07, 6.45) is 1.89. The highest BCUT2D eigenvalue weighted by Gasteiger charge is 2.36.